The predicted octanol–water partition coefficient (Wildman–Crippen LogP) is 5.11. The van der Waals surface area contributed by atoms with Crippen LogP contribution < -0.4 is 14.8 Å². The van der Waals surface area contributed by atoms with E-state index in [-0.39, 0.29) is 46.9 Å². The third-order valence-corrected chi connectivity index (χ3v) is 9.25. The molecule has 210 valence electrons. The van der Waals surface area contributed by atoms with Crippen molar-refractivity contribution in [2.24, 2.45) is 5.92 Å². The van der Waals surface area contributed by atoms with Gasteiger partial charge in [-0.05, 0) is 67.0 Å². The molecule has 1 unspecified atom stereocenters. The Morgan fingerprint density at radius 1 is 1.00 bits per heavy atom. The van der Waals surface area contributed by atoms with Gasteiger partial charge >= 0.3 is 0 Å². The van der Waals surface area contributed by atoms with Crippen molar-refractivity contribution in [2.75, 3.05) is 12.4 Å². The first-order valence-electron chi connectivity index (χ1n) is 13.0. The van der Waals surface area contributed by atoms with Gasteiger partial charge in [0.05, 0.1) is 29.6 Å². The molecule has 40 heavy (non-hydrogen) atoms. The second-order valence-corrected chi connectivity index (χ2v) is 12.2. The maximum atomic E-state index is 13.9. The Morgan fingerprint density at radius 2 is 1.68 bits per heavy atom. The Hall–Kier alpha value is -3.86. The molecular weight excluding hydrogens is 540 g/mol. The summed E-state index contributed by atoms with van der Waals surface area (Å²) in [7, 11) is -1.81. The first kappa shape index (κ1) is 27.7. The number of anilines is 1. The van der Waals surface area contributed by atoms with Crippen molar-refractivity contribution in [3.05, 3.63) is 78.1 Å². The molecule has 3 aromatic rings. The number of methoxy groups -OCH3 is 1. The number of carbonyl (C=O) groups excluding carboxylic acids is 1. The molecule has 1 aromatic heterocycles. The minimum atomic E-state index is -3.40. The van der Waals surface area contributed by atoms with Crippen molar-refractivity contribution in [2.45, 2.75) is 54.8 Å². The maximum Gasteiger partial charge on any atom is 0.257 e. The lowest BCUT2D eigenvalue weighted by Crippen LogP contribution is -2.16. The van der Waals surface area contributed by atoms with Crippen LogP contribution in [0.3, 0.4) is 0 Å². The highest BCUT2D eigenvalue weighted by molar-refractivity contribution is 7.92. The van der Waals surface area contributed by atoms with E-state index in [1.807, 2.05) is 24.3 Å². The lowest BCUT2D eigenvalue weighted by Gasteiger charge is -2.13. The number of aromatic nitrogens is 2. The van der Waals surface area contributed by atoms with Crippen LogP contribution >= 0.6 is 0 Å². The van der Waals surface area contributed by atoms with Crippen LogP contribution in [-0.2, 0) is 21.2 Å². The molecule has 2 fully saturated rings. The predicted molar refractivity (Wildman–Crippen MR) is 145 cm³/mol. The molecule has 1 heterocycles. The van der Waals surface area contributed by atoms with E-state index in [0.717, 1.165) is 11.3 Å². The molecule has 0 aliphatic heterocycles. The second kappa shape index (κ2) is 11.7. The minimum absolute atomic E-state index is 0.0356. The highest BCUT2D eigenvalue weighted by Gasteiger charge is 2.37. The molecule has 3 atom stereocenters. The number of alkyl halides is 2. The van der Waals surface area contributed by atoms with Crippen molar-refractivity contribution in [3.63, 3.8) is 0 Å². The molecule has 0 bridgehead atoms. The van der Waals surface area contributed by atoms with E-state index in [9.17, 15) is 22.0 Å². The highest BCUT2D eigenvalue weighted by Crippen LogP contribution is 2.36. The van der Waals surface area contributed by atoms with Gasteiger partial charge in [-0.1, -0.05) is 30.3 Å². The van der Waals surface area contributed by atoms with Gasteiger partial charge in [0, 0.05) is 5.57 Å². The van der Waals surface area contributed by atoms with Gasteiger partial charge < -0.3 is 14.8 Å². The minimum Gasteiger partial charge on any atom is -0.497 e. The summed E-state index contributed by atoms with van der Waals surface area (Å²) < 4.78 is 63.7. The van der Waals surface area contributed by atoms with Gasteiger partial charge in [0.15, 0.2) is 15.7 Å². The molecule has 5 rings (SSSR count). The Kier molecular flexibility index (Phi) is 8.11. The van der Waals surface area contributed by atoms with E-state index in [1.165, 1.54) is 36.7 Å². The summed E-state index contributed by atoms with van der Waals surface area (Å²) in [4.78, 5) is 21.9. The zero-order valence-electron chi connectivity index (χ0n) is 21.8. The summed E-state index contributed by atoms with van der Waals surface area (Å²) in [6.45, 7) is 0.260. The van der Waals surface area contributed by atoms with Gasteiger partial charge in [0.1, 0.15) is 24.7 Å². The van der Waals surface area contributed by atoms with Crippen LogP contribution in [0.5, 0.6) is 11.6 Å². The molecule has 2 aromatic carbocycles. The lowest BCUT2D eigenvalue weighted by atomic mass is 9.98. The van der Waals surface area contributed by atoms with Crippen LogP contribution in [0.1, 0.15) is 36.8 Å². The Bertz CT molecular complexity index is 1470. The largest absolute Gasteiger partial charge is 0.497 e. The number of hydrogen-bond donors (Lipinski definition) is 1. The molecule has 8 nitrogen and oxygen atoms in total. The fraction of sp³-hybridized carbons (Fsp3) is 0.345. The van der Waals surface area contributed by atoms with Gasteiger partial charge in [-0.15, -0.1) is 0 Å². The standard InChI is InChI=1S/C29H29F2N3O5S/c1-38-21-6-2-18(3-7-21)17-39-28-16-32-27(15-33-28)34-29(35)24(12-19-13-25(30)26(31)14-19)20-4-8-22(9-5-20)40(36,37)23-10-11-23/h2-9,12,15-16,19,23,25-26H,10-11,13-14,17H2,1H3,(H,32,34,35)/t19?,25-,26+. The summed E-state index contributed by atoms with van der Waals surface area (Å²) in [5, 5.41) is 2.31. The van der Waals surface area contributed by atoms with Crippen LogP contribution in [0.15, 0.2) is 71.9 Å². The van der Waals surface area contributed by atoms with E-state index in [0.29, 0.717) is 18.4 Å². The average molecular weight is 570 g/mol. The number of amides is 1. The van der Waals surface area contributed by atoms with E-state index >= 15 is 0 Å². The monoisotopic (exact) mass is 569 g/mol. The van der Waals surface area contributed by atoms with Crippen LogP contribution in [0.25, 0.3) is 5.57 Å². The molecule has 2 saturated carbocycles. The van der Waals surface area contributed by atoms with E-state index in [4.69, 9.17) is 9.47 Å². The van der Waals surface area contributed by atoms with E-state index in [1.54, 1.807) is 13.2 Å². The van der Waals surface area contributed by atoms with Gasteiger partial charge in [-0.3, -0.25) is 4.79 Å². The number of halogens is 2. The normalized spacial score (nSPS) is 21.2. The smallest absolute Gasteiger partial charge is 0.257 e. The average Bonchev–Trinajstić information content (AvgIpc) is 3.77. The van der Waals surface area contributed by atoms with Crippen LogP contribution in [0.4, 0.5) is 14.6 Å². The molecule has 2 aliphatic carbocycles. The van der Waals surface area contributed by atoms with E-state index < -0.39 is 34.0 Å². The third-order valence-electron chi connectivity index (χ3n) is 6.97. The number of sulfone groups is 1. The first-order chi connectivity index (χ1) is 19.2. The molecule has 1 N–H and O–H groups in total. The van der Waals surface area contributed by atoms with Crippen molar-refractivity contribution in [3.8, 4) is 11.6 Å². The van der Waals surface area contributed by atoms with Crippen LogP contribution in [-0.4, -0.2) is 49.0 Å². The SMILES string of the molecule is COc1ccc(COc2cnc(NC(=O)C(=CC3C[C@@H](F)[C@@H](F)C3)c3ccc(S(=O)(=O)C4CC4)cc3)cn2)cc1. The summed E-state index contributed by atoms with van der Waals surface area (Å²) in [5.41, 5.74) is 1.50. The molecule has 0 saturated heterocycles. The zero-order valence-corrected chi connectivity index (χ0v) is 22.6. The number of nitrogens with one attached hydrogen (secondary N) is 1. The lowest BCUT2D eigenvalue weighted by molar-refractivity contribution is -0.111. The van der Waals surface area contributed by atoms with Gasteiger partial charge in [-0.2, -0.15) is 0 Å². The molecule has 0 spiro atoms. The van der Waals surface area contributed by atoms with Crippen molar-refractivity contribution in [1.29, 1.82) is 0 Å². The second-order valence-electron chi connectivity index (χ2n) is 9.94. The molecule has 0 radical (unpaired) electrons. The number of ether oxygens (including phenoxy) is 2. The topological polar surface area (TPSA) is 107 Å². The number of allylic oxidation sites excluding steroid dienone is 1. The summed E-state index contributed by atoms with van der Waals surface area (Å²) in [6, 6.07) is 13.4. The summed E-state index contributed by atoms with van der Waals surface area (Å²) in [5.74, 6) is 0.0974. The summed E-state index contributed by atoms with van der Waals surface area (Å²) >= 11 is 0. The number of carbonyl (C=O) groups is 1. The van der Waals surface area contributed by atoms with Gasteiger partial charge in [-0.25, -0.2) is 27.2 Å². The number of nitrogens with zero attached hydrogens (tertiary/aromatic N) is 2. The molecule has 11 heteroatoms. The van der Waals surface area contributed by atoms with E-state index in [2.05, 4.69) is 15.3 Å². The Morgan fingerprint density at radius 3 is 2.25 bits per heavy atom. The maximum absolute atomic E-state index is 13.9. The van der Waals surface area contributed by atoms with Crippen molar-refractivity contribution < 1.29 is 31.5 Å². The quantitative estimate of drug-likeness (QED) is 0.338. The number of rotatable bonds is 10. The molecule has 2 aliphatic rings. The van der Waals surface area contributed by atoms with Crippen LogP contribution in [0, 0.1) is 5.92 Å². The molecule has 1 amide bonds. The Balaban J connectivity index is 1.30. The fourth-order valence-electron chi connectivity index (χ4n) is 4.56. The molecular formula is C29H29F2N3O5S. The zero-order chi connectivity index (χ0) is 28.3. The first-order valence-corrected chi connectivity index (χ1v) is 14.5. The van der Waals surface area contributed by atoms with Crippen molar-refractivity contribution >= 4 is 27.1 Å². The summed E-state index contributed by atoms with van der Waals surface area (Å²) in [6.07, 6.45) is 2.29. The van der Waals surface area contributed by atoms with Gasteiger partial charge in [0.25, 0.3) is 5.91 Å². The number of benzene rings is 2. The Labute approximate surface area is 231 Å². The fourth-order valence-corrected chi connectivity index (χ4v) is 6.21. The third kappa shape index (κ3) is 6.47. The highest BCUT2D eigenvalue weighted by atomic mass is 32.2. The number of hydrogen-bond acceptors (Lipinski definition) is 7. The van der Waals surface area contributed by atoms with Gasteiger partial charge in [0.2, 0.25) is 5.88 Å². The van der Waals surface area contributed by atoms with Crippen LogP contribution in [0.2, 0.25) is 0 Å². The van der Waals surface area contributed by atoms with Crippen molar-refractivity contribution in [1.82, 2.24) is 9.97 Å².